The molecule has 0 saturated heterocycles. The molecule has 0 aliphatic heterocycles. The molecule has 4 aromatic rings. The van der Waals surface area contributed by atoms with Crippen molar-refractivity contribution < 1.29 is 9.21 Å². The van der Waals surface area contributed by atoms with Gasteiger partial charge in [0.1, 0.15) is 0 Å². The minimum absolute atomic E-state index is 0.379. The van der Waals surface area contributed by atoms with Crippen molar-refractivity contribution in [3.63, 3.8) is 0 Å². The standard InChI is InChI=1S/C17H14N6O2/c1-11-20-21-15-8-7-14(22-23(11)15)12-4-2-5-13(10-12)18-17(24)19-16-6-3-9-25-16/h2-10H,1H3,(H2,18,19,24). The number of carbonyl (C=O) groups excluding carboxylic acids is 1. The number of fused-ring (bicyclic) bond motifs is 1. The van der Waals surface area contributed by atoms with Crippen molar-refractivity contribution >= 4 is 23.2 Å². The molecular formula is C17H14N6O2. The molecule has 0 aliphatic rings. The molecule has 1 aromatic carbocycles. The summed E-state index contributed by atoms with van der Waals surface area (Å²) in [7, 11) is 0. The highest BCUT2D eigenvalue weighted by Gasteiger charge is 2.08. The van der Waals surface area contributed by atoms with Crippen LogP contribution in [-0.2, 0) is 0 Å². The SMILES string of the molecule is Cc1nnc2ccc(-c3cccc(NC(=O)Nc4ccco4)c3)nn12. The number of urea groups is 1. The van der Waals surface area contributed by atoms with Crippen molar-refractivity contribution in [3.8, 4) is 11.3 Å². The summed E-state index contributed by atoms with van der Waals surface area (Å²) in [4.78, 5) is 12.0. The minimum Gasteiger partial charge on any atom is -0.449 e. The Labute approximate surface area is 142 Å². The number of anilines is 2. The molecule has 0 aliphatic carbocycles. The molecule has 2 N–H and O–H groups in total. The van der Waals surface area contributed by atoms with E-state index in [9.17, 15) is 4.79 Å². The number of amides is 2. The molecule has 0 radical (unpaired) electrons. The van der Waals surface area contributed by atoms with E-state index in [-0.39, 0.29) is 6.03 Å². The maximum atomic E-state index is 12.0. The van der Waals surface area contributed by atoms with Gasteiger partial charge in [0.2, 0.25) is 5.88 Å². The van der Waals surface area contributed by atoms with Crippen molar-refractivity contribution in [3.05, 3.63) is 60.6 Å². The van der Waals surface area contributed by atoms with Crippen molar-refractivity contribution in [1.82, 2.24) is 19.8 Å². The quantitative estimate of drug-likeness (QED) is 0.599. The molecule has 4 rings (SSSR count). The number of hydrogen-bond donors (Lipinski definition) is 2. The maximum absolute atomic E-state index is 12.0. The van der Waals surface area contributed by atoms with Crippen LogP contribution in [-0.4, -0.2) is 25.8 Å². The molecule has 8 heteroatoms. The van der Waals surface area contributed by atoms with E-state index in [0.29, 0.717) is 23.0 Å². The summed E-state index contributed by atoms with van der Waals surface area (Å²) in [6, 6.07) is 14.1. The molecule has 124 valence electrons. The maximum Gasteiger partial charge on any atom is 0.326 e. The zero-order valence-corrected chi connectivity index (χ0v) is 13.3. The number of nitrogens with zero attached hydrogens (tertiary/aromatic N) is 4. The van der Waals surface area contributed by atoms with Crippen LogP contribution in [0.25, 0.3) is 16.9 Å². The number of carbonyl (C=O) groups is 1. The first-order chi connectivity index (χ1) is 12.2. The Kier molecular flexibility index (Phi) is 3.62. The van der Waals surface area contributed by atoms with Gasteiger partial charge in [0.15, 0.2) is 11.5 Å². The minimum atomic E-state index is -0.384. The zero-order valence-electron chi connectivity index (χ0n) is 13.3. The summed E-state index contributed by atoms with van der Waals surface area (Å²) >= 11 is 0. The van der Waals surface area contributed by atoms with Gasteiger partial charge < -0.3 is 9.73 Å². The Morgan fingerprint density at radius 2 is 2.00 bits per heavy atom. The molecule has 0 spiro atoms. The number of benzene rings is 1. The highest BCUT2D eigenvalue weighted by Crippen LogP contribution is 2.21. The van der Waals surface area contributed by atoms with Crippen LogP contribution in [0.1, 0.15) is 5.82 Å². The first-order valence-electron chi connectivity index (χ1n) is 7.60. The van der Waals surface area contributed by atoms with Crippen molar-refractivity contribution in [1.29, 1.82) is 0 Å². The number of rotatable bonds is 3. The Balaban J connectivity index is 1.57. The molecule has 25 heavy (non-hydrogen) atoms. The van der Waals surface area contributed by atoms with Crippen LogP contribution >= 0.6 is 0 Å². The van der Waals surface area contributed by atoms with Crippen LogP contribution < -0.4 is 10.6 Å². The second-order valence-electron chi connectivity index (χ2n) is 5.37. The lowest BCUT2D eigenvalue weighted by Gasteiger charge is -2.08. The molecular weight excluding hydrogens is 320 g/mol. The van der Waals surface area contributed by atoms with Gasteiger partial charge in [-0.15, -0.1) is 10.2 Å². The Morgan fingerprint density at radius 3 is 2.84 bits per heavy atom. The number of hydrogen-bond acceptors (Lipinski definition) is 5. The number of aryl methyl sites for hydroxylation is 1. The lowest BCUT2D eigenvalue weighted by atomic mass is 10.1. The van der Waals surface area contributed by atoms with Crippen LogP contribution in [0.3, 0.4) is 0 Å². The third-order valence-corrected chi connectivity index (χ3v) is 3.59. The van der Waals surface area contributed by atoms with Gasteiger partial charge in [-0.3, -0.25) is 5.32 Å². The fourth-order valence-electron chi connectivity index (χ4n) is 2.43. The molecule has 0 fully saturated rings. The molecule has 0 saturated carbocycles. The predicted molar refractivity (Wildman–Crippen MR) is 92.3 cm³/mol. The Morgan fingerprint density at radius 1 is 1.08 bits per heavy atom. The second kappa shape index (κ2) is 6.08. The van der Waals surface area contributed by atoms with Gasteiger partial charge in [-0.2, -0.15) is 9.61 Å². The molecule has 8 nitrogen and oxygen atoms in total. The summed E-state index contributed by atoms with van der Waals surface area (Å²) in [5.41, 5.74) is 2.95. The van der Waals surface area contributed by atoms with Crippen molar-refractivity contribution in [2.75, 3.05) is 10.6 Å². The smallest absolute Gasteiger partial charge is 0.326 e. The van der Waals surface area contributed by atoms with Crippen LogP contribution in [0, 0.1) is 6.92 Å². The van der Waals surface area contributed by atoms with Gasteiger partial charge in [0, 0.05) is 17.3 Å². The molecule has 0 atom stereocenters. The van der Waals surface area contributed by atoms with Gasteiger partial charge in [-0.1, -0.05) is 12.1 Å². The van der Waals surface area contributed by atoms with Crippen LogP contribution in [0.5, 0.6) is 0 Å². The van der Waals surface area contributed by atoms with Gasteiger partial charge in [-0.05, 0) is 37.3 Å². The summed E-state index contributed by atoms with van der Waals surface area (Å²) in [5.74, 6) is 1.09. The average molecular weight is 334 g/mol. The summed E-state index contributed by atoms with van der Waals surface area (Å²) < 4.78 is 6.76. The van der Waals surface area contributed by atoms with E-state index in [1.54, 1.807) is 22.7 Å². The zero-order chi connectivity index (χ0) is 17.2. The highest BCUT2D eigenvalue weighted by molar-refractivity contribution is 5.99. The van der Waals surface area contributed by atoms with E-state index in [2.05, 4.69) is 25.9 Å². The molecule has 0 unspecified atom stereocenters. The summed E-state index contributed by atoms with van der Waals surface area (Å²) in [5, 5.41) is 17.9. The first kappa shape index (κ1) is 14.9. The molecule has 3 aromatic heterocycles. The Hall–Kier alpha value is -3.68. The Bertz CT molecular complexity index is 1040. The van der Waals surface area contributed by atoms with Gasteiger partial charge in [0.25, 0.3) is 0 Å². The molecule has 3 heterocycles. The van der Waals surface area contributed by atoms with Gasteiger partial charge >= 0.3 is 6.03 Å². The highest BCUT2D eigenvalue weighted by atomic mass is 16.3. The first-order valence-corrected chi connectivity index (χ1v) is 7.60. The van der Waals surface area contributed by atoms with E-state index in [4.69, 9.17) is 4.42 Å². The average Bonchev–Trinajstić information content (AvgIpc) is 3.25. The van der Waals surface area contributed by atoms with Gasteiger partial charge in [-0.25, -0.2) is 4.79 Å². The largest absolute Gasteiger partial charge is 0.449 e. The van der Waals surface area contributed by atoms with Crippen LogP contribution in [0.2, 0.25) is 0 Å². The van der Waals surface area contributed by atoms with E-state index in [1.165, 1.54) is 6.26 Å². The van der Waals surface area contributed by atoms with Gasteiger partial charge in [0.05, 0.1) is 12.0 Å². The lowest BCUT2D eigenvalue weighted by molar-refractivity contribution is 0.261. The number of aromatic nitrogens is 4. The van der Waals surface area contributed by atoms with E-state index in [1.807, 2.05) is 37.3 Å². The third kappa shape index (κ3) is 3.05. The molecule has 0 bridgehead atoms. The second-order valence-corrected chi connectivity index (χ2v) is 5.37. The van der Waals surface area contributed by atoms with Crippen LogP contribution in [0.4, 0.5) is 16.4 Å². The van der Waals surface area contributed by atoms with Crippen molar-refractivity contribution in [2.24, 2.45) is 0 Å². The lowest BCUT2D eigenvalue weighted by Crippen LogP contribution is -2.18. The molecule has 2 amide bonds. The van der Waals surface area contributed by atoms with Crippen LogP contribution in [0.15, 0.2) is 59.2 Å². The van der Waals surface area contributed by atoms with Crippen molar-refractivity contribution in [2.45, 2.75) is 6.92 Å². The summed E-state index contributed by atoms with van der Waals surface area (Å²) in [6.07, 6.45) is 1.49. The topological polar surface area (TPSA) is 97.3 Å². The fraction of sp³-hybridized carbons (Fsp3) is 0.0588. The third-order valence-electron chi connectivity index (χ3n) is 3.59. The monoisotopic (exact) mass is 334 g/mol. The van der Waals surface area contributed by atoms with E-state index in [0.717, 1.165) is 11.3 Å². The number of nitrogens with one attached hydrogen (secondary N) is 2. The number of furan rings is 1. The van der Waals surface area contributed by atoms with E-state index >= 15 is 0 Å². The van der Waals surface area contributed by atoms with E-state index < -0.39 is 0 Å². The summed E-state index contributed by atoms with van der Waals surface area (Å²) in [6.45, 7) is 1.84. The normalized spacial score (nSPS) is 10.8. The fourth-order valence-corrected chi connectivity index (χ4v) is 2.43. The predicted octanol–water partition coefficient (Wildman–Crippen LogP) is 3.34.